The van der Waals surface area contributed by atoms with Gasteiger partial charge in [0.25, 0.3) is 5.91 Å². The molecule has 0 bridgehead atoms. The SMILES string of the molecule is CCC[C@@]1(c2ccccc2)NC(=O)N(CC(=O)NC[C@H]2CCCO2)C1=O. The molecule has 0 radical (unpaired) electrons. The molecule has 4 amide bonds. The summed E-state index contributed by atoms with van der Waals surface area (Å²) in [4.78, 5) is 38.7. The van der Waals surface area contributed by atoms with Gasteiger partial charge in [-0.05, 0) is 24.8 Å². The van der Waals surface area contributed by atoms with Gasteiger partial charge in [0.1, 0.15) is 12.1 Å². The van der Waals surface area contributed by atoms with Crippen molar-refractivity contribution >= 4 is 17.8 Å². The van der Waals surface area contributed by atoms with E-state index in [1.54, 1.807) is 0 Å². The number of imide groups is 1. The highest BCUT2D eigenvalue weighted by Gasteiger charge is 2.52. The molecule has 140 valence electrons. The zero-order valence-corrected chi connectivity index (χ0v) is 15.0. The standard InChI is InChI=1S/C19H25N3O4/c1-2-10-19(14-7-4-3-5-8-14)17(24)22(18(25)21-19)13-16(23)20-12-15-9-6-11-26-15/h3-5,7-8,15H,2,6,9-13H2,1H3,(H,20,23)(H,21,25)/t15-,19+/m1/s1. The smallest absolute Gasteiger partial charge is 0.325 e. The van der Waals surface area contributed by atoms with Crippen molar-refractivity contribution in [3.8, 4) is 0 Å². The Morgan fingerprint density at radius 1 is 1.35 bits per heavy atom. The molecule has 3 rings (SSSR count). The molecular formula is C19H25N3O4. The van der Waals surface area contributed by atoms with Crippen molar-refractivity contribution in [3.05, 3.63) is 35.9 Å². The maximum Gasteiger partial charge on any atom is 0.325 e. The van der Waals surface area contributed by atoms with Gasteiger partial charge in [0, 0.05) is 13.2 Å². The molecule has 0 saturated carbocycles. The van der Waals surface area contributed by atoms with Crippen LogP contribution in [0.4, 0.5) is 4.79 Å². The van der Waals surface area contributed by atoms with Crippen LogP contribution in [-0.2, 0) is 19.9 Å². The van der Waals surface area contributed by atoms with Crippen molar-refractivity contribution in [2.45, 2.75) is 44.2 Å². The van der Waals surface area contributed by atoms with Gasteiger partial charge in [-0.3, -0.25) is 14.5 Å². The number of urea groups is 1. The van der Waals surface area contributed by atoms with Crippen LogP contribution in [0.5, 0.6) is 0 Å². The van der Waals surface area contributed by atoms with Crippen molar-refractivity contribution < 1.29 is 19.1 Å². The number of benzene rings is 1. The lowest BCUT2D eigenvalue weighted by Gasteiger charge is -2.26. The van der Waals surface area contributed by atoms with E-state index < -0.39 is 11.6 Å². The second-order valence-electron chi connectivity index (χ2n) is 6.78. The zero-order chi connectivity index (χ0) is 18.6. The Morgan fingerprint density at radius 2 is 2.12 bits per heavy atom. The van der Waals surface area contributed by atoms with Crippen molar-refractivity contribution in [2.75, 3.05) is 19.7 Å². The number of rotatable bonds is 7. The molecule has 1 aromatic carbocycles. The van der Waals surface area contributed by atoms with E-state index in [9.17, 15) is 14.4 Å². The molecule has 2 saturated heterocycles. The van der Waals surface area contributed by atoms with Gasteiger partial charge in [-0.1, -0.05) is 43.7 Å². The van der Waals surface area contributed by atoms with E-state index in [-0.39, 0.29) is 24.5 Å². The van der Waals surface area contributed by atoms with Crippen LogP contribution in [0, 0.1) is 0 Å². The Hall–Kier alpha value is -2.41. The third-order valence-electron chi connectivity index (χ3n) is 4.92. The van der Waals surface area contributed by atoms with Gasteiger partial charge in [-0.15, -0.1) is 0 Å². The molecule has 1 aromatic rings. The summed E-state index contributed by atoms with van der Waals surface area (Å²) in [5, 5.41) is 5.57. The Morgan fingerprint density at radius 3 is 2.77 bits per heavy atom. The van der Waals surface area contributed by atoms with Crippen LogP contribution in [0.1, 0.15) is 38.2 Å². The molecule has 0 aliphatic carbocycles. The van der Waals surface area contributed by atoms with Crippen LogP contribution in [0.25, 0.3) is 0 Å². The molecule has 0 spiro atoms. The second kappa shape index (κ2) is 7.86. The quantitative estimate of drug-likeness (QED) is 0.723. The van der Waals surface area contributed by atoms with E-state index in [0.29, 0.717) is 19.6 Å². The lowest BCUT2D eigenvalue weighted by Crippen LogP contribution is -2.45. The number of carbonyl (C=O) groups excluding carboxylic acids is 3. The van der Waals surface area contributed by atoms with E-state index in [4.69, 9.17) is 4.74 Å². The summed E-state index contributed by atoms with van der Waals surface area (Å²) in [6.45, 7) is 2.79. The van der Waals surface area contributed by atoms with Gasteiger partial charge in [0.05, 0.1) is 6.10 Å². The number of nitrogens with zero attached hydrogens (tertiary/aromatic N) is 1. The highest BCUT2D eigenvalue weighted by molar-refractivity contribution is 6.09. The van der Waals surface area contributed by atoms with Crippen LogP contribution < -0.4 is 10.6 Å². The summed E-state index contributed by atoms with van der Waals surface area (Å²) in [6.07, 6.45) is 3.13. The molecule has 7 heteroatoms. The van der Waals surface area contributed by atoms with Crippen molar-refractivity contribution in [1.82, 2.24) is 15.5 Å². The molecule has 0 aromatic heterocycles. The summed E-state index contributed by atoms with van der Waals surface area (Å²) in [5.41, 5.74) is -0.357. The molecule has 2 aliphatic heterocycles. The summed E-state index contributed by atoms with van der Waals surface area (Å²) in [7, 11) is 0. The average molecular weight is 359 g/mol. The minimum absolute atomic E-state index is 0.0190. The molecule has 0 unspecified atom stereocenters. The first-order chi connectivity index (χ1) is 12.6. The highest BCUT2D eigenvalue weighted by atomic mass is 16.5. The van der Waals surface area contributed by atoms with E-state index in [0.717, 1.165) is 29.7 Å². The topological polar surface area (TPSA) is 87.7 Å². The molecule has 2 heterocycles. The van der Waals surface area contributed by atoms with E-state index in [2.05, 4.69) is 10.6 Å². The van der Waals surface area contributed by atoms with Crippen LogP contribution in [0.2, 0.25) is 0 Å². The largest absolute Gasteiger partial charge is 0.376 e. The van der Waals surface area contributed by atoms with Gasteiger partial charge in [0.2, 0.25) is 5.91 Å². The minimum Gasteiger partial charge on any atom is -0.376 e. The van der Waals surface area contributed by atoms with E-state index in [1.807, 2.05) is 37.3 Å². The van der Waals surface area contributed by atoms with Gasteiger partial charge in [-0.25, -0.2) is 4.79 Å². The van der Waals surface area contributed by atoms with Gasteiger partial charge in [0.15, 0.2) is 0 Å². The van der Waals surface area contributed by atoms with Crippen molar-refractivity contribution in [1.29, 1.82) is 0 Å². The summed E-state index contributed by atoms with van der Waals surface area (Å²) in [6, 6.07) is 8.66. The number of amides is 4. The van der Waals surface area contributed by atoms with Gasteiger partial charge >= 0.3 is 6.03 Å². The Kier molecular flexibility index (Phi) is 5.56. The number of hydrogen-bond donors (Lipinski definition) is 2. The predicted octanol–water partition coefficient (Wildman–Crippen LogP) is 1.53. The molecule has 2 N–H and O–H groups in total. The van der Waals surface area contributed by atoms with Crippen LogP contribution in [0.15, 0.2) is 30.3 Å². The van der Waals surface area contributed by atoms with Crippen LogP contribution in [0.3, 0.4) is 0 Å². The van der Waals surface area contributed by atoms with E-state index >= 15 is 0 Å². The number of hydrogen-bond acceptors (Lipinski definition) is 4. The Balaban J connectivity index is 1.69. The molecule has 7 nitrogen and oxygen atoms in total. The number of carbonyl (C=O) groups is 3. The summed E-state index contributed by atoms with van der Waals surface area (Å²) >= 11 is 0. The lowest BCUT2D eigenvalue weighted by molar-refractivity contribution is -0.135. The average Bonchev–Trinajstić information content (AvgIpc) is 3.24. The third kappa shape index (κ3) is 3.58. The third-order valence-corrected chi connectivity index (χ3v) is 4.92. The maximum absolute atomic E-state index is 13.1. The molecule has 26 heavy (non-hydrogen) atoms. The lowest BCUT2D eigenvalue weighted by atomic mass is 9.85. The first kappa shape index (κ1) is 18.4. The zero-order valence-electron chi connectivity index (χ0n) is 15.0. The van der Waals surface area contributed by atoms with Gasteiger partial charge < -0.3 is 15.4 Å². The van der Waals surface area contributed by atoms with Crippen molar-refractivity contribution in [3.63, 3.8) is 0 Å². The fourth-order valence-corrected chi connectivity index (χ4v) is 3.61. The normalized spacial score (nSPS) is 25.4. The minimum atomic E-state index is -1.10. The fraction of sp³-hybridized carbons (Fsp3) is 0.526. The molecular weight excluding hydrogens is 334 g/mol. The second-order valence-corrected chi connectivity index (χ2v) is 6.78. The first-order valence-corrected chi connectivity index (χ1v) is 9.15. The Labute approximate surface area is 153 Å². The number of ether oxygens (including phenoxy) is 1. The number of nitrogens with one attached hydrogen (secondary N) is 2. The summed E-state index contributed by atoms with van der Waals surface area (Å²) in [5.74, 6) is -0.729. The summed E-state index contributed by atoms with van der Waals surface area (Å²) < 4.78 is 5.46. The van der Waals surface area contributed by atoms with Crippen LogP contribution in [-0.4, -0.2) is 48.5 Å². The van der Waals surface area contributed by atoms with Crippen molar-refractivity contribution in [2.24, 2.45) is 0 Å². The monoisotopic (exact) mass is 359 g/mol. The highest BCUT2D eigenvalue weighted by Crippen LogP contribution is 2.33. The maximum atomic E-state index is 13.1. The fourth-order valence-electron chi connectivity index (χ4n) is 3.61. The van der Waals surface area contributed by atoms with Crippen LogP contribution >= 0.6 is 0 Å². The Bertz CT molecular complexity index is 673. The first-order valence-electron chi connectivity index (χ1n) is 9.15. The van der Waals surface area contributed by atoms with Gasteiger partial charge in [-0.2, -0.15) is 0 Å². The molecule has 2 atom stereocenters. The predicted molar refractivity (Wildman–Crippen MR) is 95.3 cm³/mol. The molecule has 2 fully saturated rings. The van der Waals surface area contributed by atoms with E-state index in [1.165, 1.54) is 0 Å². The molecule has 2 aliphatic rings.